The van der Waals surface area contributed by atoms with Crippen molar-refractivity contribution in [2.24, 2.45) is 0 Å². The van der Waals surface area contributed by atoms with Gasteiger partial charge in [0.05, 0.1) is 6.04 Å². The van der Waals surface area contributed by atoms with Crippen LogP contribution in [0, 0.1) is 0 Å². The van der Waals surface area contributed by atoms with Crippen LogP contribution in [0.1, 0.15) is 37.3 Å². The van der Waals surface area contributed by atoms with Gasteiger partial charge in [-0.15, -0.1) is 13.2 Å². The van der Waals surface area contributed by atoms with Gasteiger partial charge in [0.1, 0.15) is 17.9 Å². The van der Waals surface area contributed by atoms with Crippen LogP contribution in [0.2, 0.25) is 0 Å². The molecule has 0 bridgehead atoms. The summed E-state index contributed by atoms with van der Waals surface area (Å²) in [7, 11) is 0. The number of hydrogen-bond acceptors (Lipinski definition) is 4. The molecule has 0 aliphatic rings. The van der Waals surface area contributed by atoms with Crippen LogP contribution in [-0.4, -0.2) is 21.5 Å². The molecule has 2 rings (SSSR count). The summed E-state index contributed by atoms with van der Waals surface area (Å²) in [6.07, 6.45) is -3.26. The van der Waals surface area contributed by atoms with E-state index in [0.29, 0.717) is 5.82 Å². The van der Waals surface area contributed by atoms with E-state index >= 15 is 0 Å². The van der Waals surface area contributed by atoms with Gasteiger partial charge >= 0.3 is 6.36 Å². The molecule has 0 saturated heterocycles. The highest BCUT2D eigenvalue weighted by atomic mass is 19.4. The summed E-state index contributed by atoms with van der Waals surface area (Å²) in [5.74, 6) is 0.459. The molecule has 0 fully saturated rings. The summed E-state index contributed by atoms with van der Waals surface area (Å²) >= 11 is 0. The number of aromatic amines is 1. The Balaban J connectivity index is 1.98. The van der Waals surface area contributed by atoms with Crippen molar-refractivity contribution in [2.75, 3.05) is 0 Å². The van der Waals surface area contributed by atoms with Crippen LogP contribution in [0.15, 0.2) is 30.6 Å². The topological polar surface area (TPSA) is 62.8 Å². The third-order valence-electron chi connectivity index (χ3n) is 2.96. The normalized spacial score (nSPS) is 14.7. The van der Waals surface area contributed by atoms with E-state index in [-0.39, 0.29) is 17.8 Å². The number of nitrogens with one attached hydrogen (secondary N) is 2. The highest BCUT2D eigenvalue weighted by Gasteiger charge is 2.31. The Morgan fingerprint density at radius 1 is 1.14 bits per heavy atom. The number of rotatable bonds is 5. The van der Waals surface area contributed by atoms with Crippen LogP contribution >= 0.6 is 0 Å². The summed E-state index contributed by atoms with van der Waals surface area (Å²) in [5.41, 5.74) is 0.843. The molecule has 0 aliphatic carbocycles. The number of H-pyrrole nitrogens is 1. The van der Waals surface area contributed by atoms with Crippen LogP contribution in [0.25, 0.3) is 0 Å². The summed E-state index contributed by atoms with van der Waals surface area (Å²) in [4.78, 5) is 4.04. The van der Waals surface area contributed by atoms with E-state index in [1.54, 1.807) is 12.1 Å². The number of benzene rings is 1. The maximum Gasteiger partial charge on any atom is 0.573 e. The van der Waals surface area contributed by atoms with Gasteiger partial charge in [0, 0.05) is 6.04 Å². The number of ether oxygens (including phenoxy) is 1. The summed E-state index contributed by atoms with van der Waals surface area (Å²) in [5, 5.41) is 9.80. The van der Waals surface area contributed by atoms with Gasteiger partial charge in [0.15, 0.2) is 0 Å². The Morgan fingerprint density at radius 2 is 1.81 bits per heavy atom. The first-order valence-corrected chi connectivity index (χ1v) is 6.32. The lowest BCUT2D eigenvalue weighted by atomic mass is 10.1. The fraction of sp³-hybridized carbons (Fsp3) is 0.385. The molecule has 0 aliphatic heterocycles. The van der Waals surface area contributed by atoms with Gasteiger partial charge in [-0.2, -0.15) is 5.10 Å². The predicted molar refractivity (Wildman–Crippen MR) is 69.5 cm³/mol. The highest BCUT2D eigenvalue weighted by molar-refractivity contribution is 5.29. The van der Waals surface area contributed by atoms with Gasteiger partial charge in [-0.1, -0.05) is 12.1 Å². The van der Waals surface area contributed by atoms with Crippen molar-refractivity contribution in [1.29, 1.82) is 0 Å². The Bertz CT molecular complexity index is 554. The van der Waals surface area contributed by atoms with E-state index in [4.69, 9.17) is 0 Å². The molecule has 0 saturated carbocycles. The van der Waals surface area contributed by atoms with Gasteiger partial charge in [0.25, 0.3) is 0 Å². The molecule has 1 heterocycles. The Kier molecular flexibility index (Phi) is 4.46. The molecule has 114 valence electrons. The maximum atomic E-state index is 12.1. The number of nitrogens with zero attached hydrogens (tertiary/aromatic N) is 2. The molecular formula is C13H15F3N4O. The van der Waals surface area contributed by atoms with Gasteiger partial charge in [-0.25, -0.2) is 4.98 Å². The minimum Gasteiger partial charge on any atom is -0.406 e. The van der Waals surface area contributed by atoms with E-state index in [1.807, 2.05) is 13.8 Å². The minimum atomic E-state index is -4.67. The summed E-state index contributed by atoms with van der Waals surface area (Å²) < 4.78 is 40.1. The van der Waals surface area contributed by atoms with E-state index in [1.165, 1.54) is 18.5 Å². The zero-order chi connectivity index (χ0) is 15.5. The molecule has 2 unspecified atom stereocenters. The van der Waals surface area contributed by atoms with E-state index < -0.39 is 6.36 Å². The molecule has 0 spiro atoms. The lowest BCUT2D eigenvalue weighted by Gasteiger charge is -2.19. The van der Waals surface area contributed by atoms with Gasteiger partial charge in [0.2, 0.25) is 0 Å². The van der Waals surface area contributed by atoms with Gasteiger partial charge in [-0.3, -0.25) is 5.10 Å². The van der Waals surface area contributed by atoms with Crippen LogP contribution in [0.5, 0.6) is 5.75 Å². The molecule has 8 heteroatoms. The second-order valence-electron chi connectivity index (χ2n) is 4.60. The highest BCUT2D eigenvalue weighted by Crippen LogP contribution is 2.25. The first-order valence-electron chi connectivity index (χ1n) is 6.32. The van der Waals surface area contributed by atoms with Gasteiger partial charge in [-0.05, 0) is 31.5 Å². The average Bonchev–Trinajstić information content (AvgIpc) is 2.91. The molecular weight excluding hydrogens is 285 g/mol. The summed E-state index contributed by atoms with van der Waals surface area (Å²) in [6, 6.07) is 5.64. The largest absolute Gasteiger partial charge is 0.573 e. The van der Waals surface area contributed by atoms with Crippen molar-refractivity contribution >= 4 is 0 Å². The molecule has 0 amide bonds. The van der Waals surface area contributed by atoms with Crippen molar-refractivity contribution in [2.45, 2.75) is 32.3 Å². The third-order valence-corrected chi connectivity index (χ3v) is 2.96. The van der Waals surface area contributed by atoms with Crippen LogP contribution in [0.4, 0.5) is 13.2 Å². The number of halogens is 3. The SMILES string of the molecule is CC(NC(C)c1ncn[nH]1)c1ccc(OC(F)(F)F)cc1. The lowest BCUT2D eigenvalue weighted by Crippen LogP contribution is -2.23. The molecule has 2 atom stereocenters. The standard InChI is InChI=1S/C13H15F3N4O/c1-8(19-9(2)12-17-7-18-20-12)10-3-5-11(6-4-10)21-13(14,15)16/h3-9,19H,1-2H3,(H,17,18,20). The number of alkyl halides is 3. The second kappa shape index (κ2) is 6.13. The maximum absolute atomic E-state index is 12.1. The average molecular weight is 300 g/mol. The van der Waals surface area contributed by atoms with Crippen LogP contribution < -0.4 is 10.1 Å². The fourth-order valence-electron chi connectivity index (χ4n) is 1.93. The Hall–Kier alpha value is -2.09. The minimum absolute atomic E-state index is 0.0615. The zero-order valence-electron chi connectivity index (χ0n) is 11.5. The lowest BCUT2D eigenvalue weighted by molar-refractivity contribution is -0.274. The molecule has 1 aromatic carbocycles. The monoisotopic (exact) mass is 300 g/mol. The quantitative estimate of drug-likeness (QED) is 0.890. The van der Waals surface area contributed by atoms with Crippen LogP contribution in [0.3, 0.4) is 0 Å². The van der Waals surface area contributed by atoms with E-state index in [9.17, 15) is 13.2 Å². The summed E-state index contributed by atoms with van der Waals surface area (Å²) in [6.45, 7) is 3.82. The first kappa shape index (κ1) is 15.3. The van der Waals surface area contributed by atoms with Crippen molar-refractivity contribution < 1.29 is 17.9 Å². The van der Waals surface area contributed by atoms with Crippen molar-refractivity contribution in [3.05, 3.63) is 42.0 Å². The molecule has 5 nitrogen and oxygen atoms in total. The first-order chi connectivity index (χ1) is 9.85. The molecule has 1 aromatic heterocycles. The van der Waals surface area contributed by atoms with Crippen molar-refractivity contribution in [1.82, 2.24) is 20.5 Å². The third kappa shape index (κ3) is 4.45. The Labute approximate surface area is 119 Å². The van der Waals surface area contributed by atoms with E-state index in [0.717, 1.165) is 5.56 Å². The molecule has 2 aromatic rings. The van der Waals surface area contributed by atoms with Crippen molar-refractivity contribution in [3.8, 4) is 5.75 Å². The van der Waals surface area contributed by atoms with Crippen LogP contribution in [-0.2, 0) is 0 Å². The zero-order valence-corrected chi connectivity index (χ0v) is 11.5. The number of aromatic nitrogens is 3. The predicted octanol–water partition coefficient (Wildman–Crippen LogP) is 3.12. The number of hydrogen-bond donors (Lipinski definition) is 2. The van der Waals surface area contributed by atoms with E-state index in [2.05, 4.69) is 25.2 Å². The van der Waals surface area contributed by atoms with Gasteiger partial charge < -0.3 is 10.1 Å². The molecule has 0 radical (unpaired) electrons. The fourth-order valence-corrected chi connectivity index (χ4v) is 1.93. The Morgan fingerprint density at radius 3 is 2.33 bits per heavy atom. The smallest absolute Gasteiger partial charge is 0.406 e. The molecule has 21 heavy (non-hydrogen) atoms. The second-order valence-corrected chi connectivity index (χ2v) is 4.60. The van der Waals surface area contributed by atoms with Crippen molar-refractivity contribution in [3.63, 3.8) is 0 Å². The molecule has 2 N–H and O–H groups in total.